The molecule has 0 aliphatic heterocycles. The fraction of sp³-hybridized carbons (Fsp3) is 0. The van der Waals surface area contributed by atoms with Crippen molar-refractivity contribution in [1.29, 1.82) is 0 Å². The van der Waals surface area contributed by atoms with Crippen molar-refractivity contribution in [3.63, 3.8) is 0 Å². The third-order valence-electron chi connectivity index (χ3n) is 2.99. The maximum absolute atomic E-state index is 12.9. The van der Waals surface area contributed by atoms with Crippen LogP contribution >= 0.6 is 0 Å². The predicted molar refractivity (Wildman–Crippen MR) is 68.4 cm³/mol. The second-order valence-electron chi connectivity index (χ2n) is 4.13. The molecule has 0 unspecified atom stereocenters. The van der Waals surface area contributed by atoms with E-state index in [0.29, 0.717) is 22.0 Å². The first kappa shape index (κ1) is 11.4. The smallest absolute Gasteiger partial charge is 0.337 e. The van der Waals surface area contributed by atoms with Crippen LogP contribution in [0.2, 0.25) is 0 Å². The van der Waals surface area contributed by atoms with E-state index >= 15 is 0 Å². The van der Waals surface area contributed by atoms with E-state index in [2.05, 4.69) is 10.2 Å². The molecule has 0 atom stereocenters. The summed E-state index contributed by atoms with van der Waals surface area (Å²) in [6, 6.07) is 9.18. The zero-order valence-electron chi connectivity index (χ0n) is 9.72. The number of benzene rings is 2. The zero-order chi connectivity index (χ0) is 13.4. The molecule has 0 radical (unpaired) electrons. The van der Waals surface area contributed by atoms with E-state index in [0.717, 1.165) is 0 Å². The summed E-state index contributed by atoms with van der Waals surface area (Å²) in [5.41, 5.74) is 2.02. The summed E-state index contributed by atoms with van der Waals surface area (Å²) in [6.07, 6.45) is 1.48. The summed E-state index contributed by atoms with van der Waals surface area (Å²) in [5.74, 6) is -1.39. The maximum Gasteiger partial charge on any atom is 0.337 e. The second-order valence-corrected chi connectivity index (χ2v) is 4.13. The SMILES string of the molecule is O=C(O)c1c(-c2ccc(F)cc2)ccc2[nH]ncc12. The molecule has 3 aromatic rings. The fourth-order valence-electron chi connectivity index (χ4n) is 2.12. The van der Waals surface area contributed by atoms with Crippen LogP contribution < -0.4 is 0 Å². The Bertz CT molecular complexity index is 763. The molecule has 0 fully saturated rings. The van der Waals surface area contributed by atoms with E-state index in [1.54, 1.807) is 24.3 Å². The van der Waals surface area contributed by atoms with E-state index in [9.17, 15) is 14.3 Å². The van der Waals surface area contributed by atoms with Crippen LogP contribution in [0.4, 0.5) is 4.39 Å². The van der Waals surface area contributed by atoms with Crippen LogP contribution in [0.3, 0.4) is 0 Å². The number of hydrogen-bond acceptors (Lipinski definition) is 2. The largest absolute Gasteiger partial charge is 0.478 e. The van der Waals surface area contributed by atoms with Crippen LogP contribution in [0, 0.1) is 5.82 Å². The number of H-pyrrole nitrogens is 1. The van der Waals surface area contributed by atoms with Crippen molar-refractivity contribution < 1.29 is 14.3 Å². The van der Waals surface area contributed by atoms with Crippen molar-refractivity contribution in [3.05, 3.63) is 54.0 Å². The Morgan fingerprint density at radius 2 is 1.89 bits per heavy atom. The summed E-state index contributed by atoms with van der Waals surface area (Å²) in [6.45, 7) is 0. The first-order valence-electron chi connectivity index (χ1n) is 5.62. The van der Waals surface area contributed by atoms with Crippen molar-refractivity contribution in [2.45, 2.75) is 0 Å². The van der Waals surface area contributed by atoms with Crippen LogP contribution in [-0.2, 0) is 0 Å². The van der Waals surface area contributed by atoms with Crippen LogP contribution in [0.15, 0.2) is 42.6 Å². The number of nitrogens with one attached hydrogen (secondary N) is 1. The van der Waals surface area contributed by atoms with Gasteiger partial charge in [0.2, 0.25) is 0 Å². The molecule has 19 heavy (non-hydrogen) atoms. The van der Waals surface area contributed by atoms with Gasteiger partial charge < -0.3 is 5.11 Å². The minimum Gasteiger partial charge on any atom is -0.478 e. The fourth-order valence-corrected chi connectivity index (χ4v) is 2.12. The number of aromatic nitrogens is 2. The van der Waals surface area contributed by atoms with Gasteiger partial charge in [-0.1, -0.05) is 18.2 Å². The zero-order valence-corrected chi connectivity index (χ0v) is 9.72. The second kappa shape index (κ2) is 4.20. The highest BCUT2D eigenvalue weighted by atomic mass is 19.1. The van der Waals surface area contributed by atoms with Gasteiger partial charge in [-0.05, 0) is 29.3 Å². The number of rotatable bonds is 2. The lowest BCUT2D eigenvalue weighted by Gasteiger charge is -2.07. The Morgan fingerprint density at radius 1 is 1.16 bits per heavy atom. The molecule has 0 saturated carbocycles. The number of aromatic amines is 1. The van der Waals surface area contributed by atoms with Crippen molar-refractivity contribution >= 4 is 16.9 Å². The number of hydrogen-bond donors (Lipinski definition) is 2. The summed E-state index contributed by atoms with van der Waals surface area (Å²) in [5, 5.41) is 16.5. The monoisotopic (exact) mass is 256 g/mol. The Morgan fingerprint density at radius 3 is 2.58 bits per heavy atom. The first-order chi connectivity index (χ1) is 9.16. The van der Waals surface area contributed by atoms with Gasteiger partial charge in [0.15, 0.2) is 0 Å². The van der Waals surface area contributed by atoms with E-state index in [-0.39, 0.29) is 11.4 Å². The van der Waals surface area contributed by atoms with Crippen molar-refractivity contribution in [1.82, 2.24) is 10.2 Å². The molecule has 3 rings (SSSR count). The molecular formula is C14H9FN2O2. The first-order valence-corrected chi connectivity index (χ1v) is 5.62. The number of fused-ring (bicyclic) bond motifs is 1. The van der Waals surface area contributed by atoms with Gasteiger partial charge in [0.05, 0.1) is 17.3 Å². The Kier molecular flexibility index (Phi) is 2.52. The summed E-state index contributed by atoms with van der Waals surface area (Å²) < 4.78 is 12.9. The number of carboxylic acids is 1. The average molecular weight is 256 g/mol. The Balaban J connectivity index is 2.31. The van der Waals surface area contributed by atoms with Crippen molar-refractivity contribution in [2.75, 3.05) is 0 Å². The number of halogens is 1. The molecule has 0 amide bonds. The summed E-state index contributed by atoms with van der Waals surface area (Å²) >= 11 is 0. The topological polar surface area (TPSA) is 66.0 Å². The number of carbonyl (C=O) groups is 1. The van der Waals surface area contributed by atoms with Gasteiger partial charge in [0.1, 0.15) is 5.82 Å². The van der Waals surface area contributed by atoms with Crippen LogP contribution in [0.25, 0.3) is 22.0 Å². The van der Waals surface area contributed by atoms with Crippen molar-refractivity contribution in [2.24, 2.45) is 0 Å². The molecular weight excluding hydrogens is 247 g/mol. The molecule has 94 valence electrons. The molecule has 0 aliphatic rings. The molecule has 1 aromatic heterocycles. The highest BCUT2D eigenvalue weighted by Crippen LogP contribution is 2.29. The third-order valence-corrected chi connectivity index (χ3v) is 2.99. The van der Waals surface area contributed by atoms with Gasteiger partial charge >= 0.3 is 5.97 Å². The molecule has 2 N–H and O–H groups in total. The molecule has 0 bridgehead atoms. The maximum atomic E-state index is 12.9. The highest BCUT2D eigenvalue weighted by molar-refractivity contribution is 6.08. The predicted octanol–water partition coefficient (Wildman–Crippen LogP) is 3.07. The van der Waals surface area contributed by atoms with E-state index < -0.39 is 5.97 Å². The average Bonchev–Trinajstić information content (AvgIpc) is 2.86. The van der Waals surface area contributed by atoms with E-state index in [1.165, 1.54) is 18.3 Å². The molecule has 4 nitrogen and oxygen atoms in total. The molecule has 1 heterocycles. The molecule has 5 heteroatoms. The molecule has 0 spiro atoms. The quantitative estimate of drug-likeness (QED) is 0.740. The van der Waals surface area contributed by atoms with Gasteiger partial charge in [-0.2, -0.15) is 5.10 Å². The normalized spacial score (nSPS) is 10.8. The Hall–Kier alpha value is -2.69. The molecule has 0 saturated heterocycles. The highest BCUT2D eigenvalue weighted by Gasteiger charge is 2.16. The third kappa shape index (κ3) is 1.85. The van der Waals surface area contributed by atoms with E-state index in [4.69, 9.17) is 0 Å². The van der Waals surface area contributed by atoms with E-state index in [1.807, 2.05) is 0 Å². The molecule has 0 aliphatic carbocycles. The Labute approximate surface area is 107 Å². The minimum atomic E-state index is -1.04. The van der Waals surface area contributed by atoms with Gasteiger partial charge in [0.25, 0.3) is 0 Å². The lowest BCUT2D eigenvalue weighted by Crippen LogP contribution is -2.00. The lowest BCUT2D eigenvalue weighted by molar-refractivity contribution is 0.0700. The number of nitrogens with zero attached hydrogens (tertiary/aromatic N) is 1. The number of carboxylic acid groups (broad SMARTS) is 1. The minimum absolute atomic E-state index is 0.165. The van der Waals surface area contributed by atoms with Crippen LogP contribution in [-0.4, -0.2) is 21.3 Å². The van der Waals surface area contributed by atoms with Crippen LogP contribution in [0.5, 0.6) is 0 Å². The van der Waals surface area contributed by atoms with Crippen LogP contribution in [0.1, 0.15) is 10.4 Å². The van der Waals surface area contributed by atoms with Gasteiger partial charge in [-0.25, -0.2) is 9.18 Å². The lowest BCUT2D eigenvalue weighted by atomic mass is 9.97. The summed E-state index contributed by atoms with van der Waals surface area (Å²) in [7, 11) is 0. The van der Waals surface area contributed by atoms with Gasteiger partial charge in [-0.15, -0.1) is 0 Å². The number of aromatic carboxylic acids is 1. The van der Waals surface area contributed by atoms with Gasteiger partial charge in [0, 0.05) is 5.39 Å². The van der Waals surface area contributed by atoms with Gasteiger partial charge in [-0.3, -0.25) is 5.10 Å². The van der Waals surface area contributed by atoms with Crippen molar-refractivity contribution in [3.8, 4) is 11.1 Å². The standard InChI is InChI=1S/C14H9FN2O2/c15-9-3-1-8(2-4-9)10-5-6-12-11(7-16-17-12)13(10)14(18)19/h1-7H,(H,16,17)(H,18,19). The molecule has 2 aromatic carbocycles. The summed E-state index contributed by atoms with van der Waals surface area (Å²) in [4.78, 5) is 11.5.